The van der Waals surface area contributed by atoms with Crippen molar-refractivity contribution >= 4 is 52.1 Å². The van der Waals surface area contributed by atoms with Gasteiger partial charge in [0, 0.05) is 22.0 Å². The van der Waals surface area contributed by atoms with Gasteiger partial charge in [-0.15, -0.1) is 11.8 Å². The minimum absolute atomic E-state index is 0.0176. The number of benzene rings is 3. The van der Waals surface area contributed by atoms with E-state index in [0.717, 1.165) is 27.5 Å². The summed E-state index contributed by atoms with van der Waals surface area (Å²) in [4.78, 5) is 13.5. The molecule has 0 aliphatic heterocycles. The molecule has 1 unspecified atom stereocenters. The van der Waals surface area contributed by atoms with Crippen molar-refractivity contribution in [2.24, 2.45) is 0 Å². The van der Waals surface area contributed by atoms with E-state index in [2.05, 4.69) is 16.0 Å². The molecule has 29 heavy (non-hydrogen) atoms. The molecule has 0 spiro atoms. The lowest BCUT2D eigenvalue weighted by atomic mass is 10.2. The summed E-state index contributed by atoms with van der Waals surface area (Å²) in [5.74, 6) is -0.0176. The van der Waals surface area contributed by atoms with Crippen molar-refractivity contribution in [3.8, 4) is 0 Å². The number of para-hydroxylation sites is 1. The molecule has 3 aromatic rings. The molecule has 3 aromatic carbocycles. The summed E-state index contributed by atoms with van der Waals surface area (Å²) in [5.41, 5.74) is 3.76. The van der Waals surface area contributed by atoms with Crippen molar-refractivity contribution in [1.82, 2.24) is 0 Å². The first kappa shape index (κ1) is 20.9. The van der Waals surface area contributed by atoms with Crippen LogP contribution in [-0.2, 0) is 4.79 Å². The number of carbonyl (C=O) groups is 1. The molecule has 1 atom stereocenters. The highest BCUT2D eigenvalue weighted by Gasteiger charge is 2.14. The van der Waals surface area contributed by atoms with E-state index in [1.54, 1.807) is 0 Å². The summed E-state index contributed by atoms with van der Waals surface area (Å²) in [6.45, 7) is 3.91. The number of hydrogen-bond donors (Lipinski definition) is 3. The van der Waals surface area contributed by atoms with Crippen LogP contribution < -0.4 is 16.0 Å². The molecule has 0 radical (unpaired) electrons. The molecule has 3 rings (SSSR count). The number of hydrogen-bond acceptors (Lipinski definition) is 3. The van der Waals surface area contributed by atoms with E-state index < -0.39 is 0 Å². The zero-order valence-corrected chi connectivity index (χ0v) is 17.9. The maximum Gasteiger partial charge on any atom is 0.237 e. The molecular formula is C23H23N3OS2. The monoisotopic (exact) mass is 421 g/mol. The second-order valence-corrected chi connectivity index (χ2v) is 8.41. The number of carbonyl (C=O) groups excluding carboxylic acids is 1. The summed E-state index contributed by atoms with van der Waals surface area (Å²) in [7, 11) is 0. The third kappa shape index (κ3) is 6.62. The molecule has 1 amide bonds. The number of amides is 1. The van der Waals surface area contributed by atoms with Gasteiger partial charge in [0.15, 0.2) is 5.11 Å². The second-order valence-electron chi connectivity index (χ2n) is 6.59. The number of aryl methyl sites for hydroxylation is 1. The van der Waals surface area contributed by atoms with Crippen LogP contribution in [-0.4, -0.2) is 16.3 Å². The number of thioether (sulfide) groups is 1. The lowest BCUT2D eigenvalue weighted by Crippen LogP contribution is -2.22. The van der Waals surface area contributed by atoms with Crippen molar-refractivity contribution in [3.05, 3.63) is 84.4 Å². The minimum atomic E-state index is -0.213. The summed E-state index contributed by atoms with van der Waals surface area (Å²) >= 11 is 6.86. The highest BCUT2D eigenvalue weighted by molar-refractivity contribution is 8.00. The number of nitrogens with one attached hydrogen (secondary N) is 3. The SMILES string of the molecule is Cc1cccc(NC(=O)C(C)Sc2ccc(NC(=S)Nc3ccccc3)cc2)c1. The Bertz CT molecular complexity index is 975. The van der Waals surface area contributed by atoms with Gasteiger partial charge >= 0.3 is 0 Å². The molecule has 148 valence electrons. The van der Waals surface area contributed by atoms with Gasteiger partial charge in [0.2, 0.25) is 5.91 Å². The number of rotatable bonds is 6. The van der Waals surface area contributed by atoms with Crippen LogP contribution in [0.2, 0.25) is 0 Å². The molecule has 0 bridgehead atoms. The van der Waals surface area contributed by atoms with Crippen LogP contribution in [0, 0.1) is 6.92 Å². The van der Waals surface area contributed by atoms with Gasteiger partial charge in [-0.3, -0.25) is 4.79 Å². The van der Waals surface area contributed by atoms with Gasteiger partial charge in [-0.1, -0.05) is 30.3 Å². The Labute approximate surface area is 181 Å². The molecular weight excluding hydrogens is 398 g/mol. The van der Waals surface area contributed by atoms with Crippen molar-refractivity contribution in [2.45, 2.75) is 24.0 Å². The molecule has 6 heteroatoms. The predicted octanol–water partition coefficient (Wildman–Crippen LogP) is 5.92. The maximum absolute atomic E-state index is 12.4. The van der Waals surface area contributed by atoms with Crippen molar-refractivity contribution in [1.29, 1.82) is 0 Å². The first-order valence-corrected chi connectivity index (χ1v) is 10.6. The number of anilines is 3. The molecule has 0 fully saturated rings. The fourth-order valence-corrected chi connectivity index (χ4v) is 3.76. The largest absolute Gasteiger partial charge is 0.332 e. The Morgan fingerprint density at radius 2 is 1.45 bits per heavy atom. The van der Waals surface area contributed by atoms with Gasteiger partial charge in [0.05, 0.1) is 5.25 Å². The first-order chi connectivity index (χ1) is 14.0. The molecule has 0 aliphatic carbocycles. The summed E-state index contributed by atoms with van der Waals surface area (Å²) in [5, 5.41) is 9.59. The summed E-state index contributed by atoms with van der Waals surface area (Å²) in [6.07, 6.45) is 0. The number of thiocarbonyl (C=S) groups is 1. The lowest BCUT2D eigenvalue weighted by molar-refractivity contribution is -0.115. The Morgan fingerprint density at radius 1 is 0.828 bits per heavy atom. The van der Waals surface area contributed by atoms with Gasteiger partial charge in [0.1, 0.15) is 0 Å². The van der Waals surface area contributed by atoms with Crippen LogP contribution in [0.1, 0.15) is 12.5 Å². The topological polar surface area (TPSA) is 53.2 Å². The lowest BCUT2D eigenvalue weighted by Gasteiger charge is -2.13. The van der Waals surface area contributed by atoms with Crippen molar-refractivity contribution in [2.75, 3.05) is 16.0 Å². The smallest absolute Gasteiger partial charge is 0.237 e. The van der Waals surface area contributed by atoms with E-state index >= 15 is 0 Å². The third-order valence-corrected chi connectivity index (χ3v) is 5.43. The fraction of sp³-hybridized carbons (Fsp3) is 0.130. The minimum Gasteiger partial charge on any atom is -0.332 e. The van der Waals surface area contributed by atoms with E-state index in [-0.39, 0.29) is 11.2 Å². The second kappa shape index (κ2) is 10.1. The van der Waals surface area contributed by atoms with E-state index in [4.69, 9.17) is 12.2 Å². The van der Waals surface area contributed by atoms with E-state index in [0.29, 0.717) is 5.11 Å². The summed E-state index contributed by atoms with van der Waals surface area (Å²) < 4.78 is 0. The molecule has 0 aromatic heterocycles. The Balaban J connectivity index is 1.51. The van der Waals surface area contributed by atoms with Crippen LogP contribution in [0.15, 0.2) is 83.8 Å². The summed E-state index contributed by atoms with van der Waals surface area (Å²) in [6, 6.07) is 25.4. The van der Waals surface area contributed by atoms with Gasteiger partial charge in [-0.05, 0) is 80.2 Å². The third-order valence-electron chi connectivity index (χ3n) is 4.11. The first-order valence-electron chi connectivity index (χ1n) is 9.27. The normalized spacial score (nSPS) is 11.4. The van der Waals surface area contributed by atoms with Gasteiger partial charge < -0.3 is 16.0 Å². The fourth-order valence-electron chi connectivity index (χ4n) is 2.66. The molecule has 0 saturated carbocycles. The van der Waals surface area contributed by atoms with Crippen LogP contribution in [0.4, 0.5) is 17.1 Å². The maximum atomic E-state index is 12.4. The van der Waals surface area contributed by atoms with Gasteiger partial charge in [-0.25, -0.2) is 0 Å². The van der Waals surface area contributed by atoms with Crippen molar-refractivity contribution in [3.63, 3.8) is 0 Å². The highest BCUT2D eigenvalue weighted by Crippen LogP contribution is 2.26. The predicted molar refractivity (Wildman–Crippen MR) is 128 cm³/mol. The quantitative estimate of drug-likeness (QED) is 0.340. The van der Waals surface area contributed by atoms with Crippen LogP contribution in [0.5, 0.6) is 0 Å². The van der Waals surface area contributed by atoms with E-state index in [9.17, 15) is 4.79 Å². The van der Waals surface area contributed by atoms with Gasteiger partial charge in [0.25, 0.3) is 0 Å². The van der Waals surface area contributed by atoms with Crippen LogP contribution in [0.25, 0.3) is 0 Å². The average Bonchev–Trinajstić information content (AvgIpc) is 2.70. The molecule has 3 N–H and O–H groups in total. The highest BCUT2D eigenvalue weighted by atomic mass is 32.2. The molecule has 0 aliphatic rings. The Hall–Kier alpha value is -2.83. The molecule has 4 nitrogen and oxygen atoms in total. The van der Waals surface area contributed by atoms with E-state index in [1.807, 2.05) is 92.7 Å². The molecule has 0 saturated heterocycles. The van der Waals surface area contributed by atoms with Crippen LogP contribution >= 0.6 is 24.0 Å². The van der Waals surface area contributed by atoms with Crippen molar-refractivity contribution < 1.29 is 4.79 Å². The molecule has 0 heterocycles. The Morgan fingerprint density at radius 3 is 2.10 bits per heavy atom. The van der Waals surface area contributed by atoms with E-state index in [1.165, 1.54) is 11.8 Å². The van der Waals surface area contributed by atoms with Gasteiger partial charge in [-0.2, -0.15) is 0 Å². The standard InChI is InChI=1S/C23H23N3OS2/c1-16-7-6-10-20(15-16)24-22(27)17(2)29-21-13-11-19(12-14-21)26-23(28)25-18-8-4-3-5-9-18/h3-15,17H,1-2H3,(H,24,27)(H2,25,26,28). The average molecular weight is 422 g/mol. The Kier molecular flexibility index (Phi) is 7.27. The zero-order valence-electron chi connectivity index (χ0n) is 16.3. The van der Waals surface area contributed by atoms with Crippen LogP contribution in [0.3, 0.4) is 0 Å². The zero-order chi connectivity index (χ0) is 20.6.